The maximum absolute atomic E-state index is 9.47. The number of aliphatic hydroxyl groups excluding tert-OH is 4. The average molecular weight is 256 g/mol. The Hall–Kier alpha value is -0.440. The molecule has 0 aromatic rings. The first-order valence-corrected chi connectivity index (χ1v) is 5.19. The van der Waals surface area contributed by atoms with E-state index in [0.29, 0.717) is 0 Å². The van der Waals surface area contributed by atoms with E-state index in [4.69, 9.17) is 26.3 Å². The summed E-state index contributed by atoms with van der Waals surface area (Å²) in [5, 5.41) is 40.5. The molecule has 8 heteroatoms. The number of hydrogen-bond acceptors (Lipinski definition) is 7. The molecule has 1 rings (SSSR count). The molecule has 3 unspecified atom stereocenters. The number of alkyl halides is 1. The Kier molecular flexibility index (Phi) is 5.39. The Morgan fingerprint density at radius 1 is 1.25 bits per heavy atom. The molecule has 0 saturated carbocycles. The summed E-state index contributed by atoms with van der Waals surface area (Å²) in [6.07, 6.45) is -5.36. The van der Waals surface area contributed by atoms with Crippen molar-refractivity contribution in [2.24, 2.45) is 5.16 Å². The van der Waals surface area contributed by atoms with Crippen LogP contribution in [0.3, 0.4) is 0 Å². The third-order valence-electron chi connectivity index (χ3n) is 2.16. The molecule has 0 spiro atoms. The summed E-state index contributed by atoms with van der Waals surface area (Å²) in [5.74, 6) is 0.122. The van der Waals surface area contributed by atoms with E-state index in [0.717, 1.165) is 0 Å². The van der Waals surface area contributed by atoms with Crippen LogP contribution in [0.25, 0.3) is 0 Å². The Morgan fingerprint density at radius 2 is 1.94 bits per heavy atom. The number of ether oxygens (including phenoxy) is 1. The fraction of sp³-hybridized carbons (Fsp3) is 0.875. The molecule has 0 bridgehead atoms. The zero-order valence-electron chi connectivity index (χ0n) is 8.31. The highest BCUT2D eigenvalue weighted by Crippen LogP contribution is 2.21. The van der Waals surface area contributed by atoms with Gasteiger partial charge in [-0.3, -0.25) is 0 Å². The quantitative estimate of drug-likeness (QED) is 0.263. The van der Waals surface area contributed by atoms with Gasteiger partial charge in [0.15, 0.2) is 0 Å². The molecule has 4 N–H and O–H groups in total. The van der Waals surface area contributed by atoms with Gasteiger partial charge in [0.05, 0.1) is 18.7 Å². The Labute approximate surface area is 96.8 Å². The van der Waals surface area contributed by atoms with Gasteiger partial charge >= 0.3 is 0 Å². The zero-order valence-corrected chi connectivity index (χ0v) is 9.06. The van der Waals surface area contributed by atoms with Crippen LogP contribution < -0.4 is 0 Å². The van der Waals surface area contributed by atoms with Crippen LogP contribution in [0.4, 0.5) is 0 Å². The minimum Gasteiger partial charge on any atom is -0.394 e. The predicted molar refractivity (Wildman–Crippen MR) is 54.1 cm³/mol. The van der Waals surface area contributed by atoms with E-state index in [1.807, 2.05) is 0 Å². The number of rotatable bonds is 4. The number of halogens is 1. The molecule has 0 aromatic carbocycles. The molecule has 0 aromatic heterocycles. The second kappa shape index (κ2) is 6.33. The average Bonchev–Trinajstić information content (AvgIpc) is 2.29. The van der Waals surface area contributed by atoms with Crippen molar-refractivity contribution in [1.29, 1.82) is 0 Å². The van der Waals surface area contributed by atoms with Crippen molar-refractivity contribution >= 4 is 17.8 Å². The van der Waals surface area contributed by atoms with Gasteiger partial charge in [-0.25, -0.2) is 0 Å². The third kappa shape index (κ3) is 3.03. The van der Waals surface area contributed by atoms with Crippen LogP contribution in [0.1, 0.15) is 0 Å². The maximum Gasteiger partial charge on any atom is 0.256 e. The second-order valence-corrected chi connectivity index (χ2v) is 3.55. The molecule has 5 atom stereocenters. The van der Waals surface area contributed by atoms with E-state index in [9.17, 15) is 15.3 Å². The molecule has 1 aliphatic heterocycles. The smallest absolute Gasteiger partial charge is 0.256 e. The van der Waals surface area contributed by atoms with Crippen LogP contribution in [0, 0.1) is 0 Å². The fourth-order valence-corrected chi connectivity index (χ4v) is 1.34. The van der Waals surface area contributed by atoms with Crippen LogP contribution >= 0.6 is 11.6 Å². The zero-order chi connectivity index (χ0) is 12.1. The summed E-state index contributed by atoms with van der Waals surface area (Å²) in [6, 6.07) is 0. The number of aliphatic hydroxyl groups is 4. The summed E-state index contributed by atoms with van der Waals surface area (Å²) in [6.45, 7) is -0.510. The normalized spacial score (nSPS) is 40.2. The van der Waals surface area contributed by atoms with E-state index >= 15 is 0 Å². The number of hydrogen-bond donors (Lipinski definition) is 4. The first-order valence-electron chi connectivity index (χ1n) is 4.66. The van der Waals surface area contributed by atoms with Crippen molar-refractivity contribution in [1.82, 2.24) is 0 Å². The molecule has 94 valence electrons. The molecular formula is C8H14ClNO6. The van der Waals surface area contributed by atoms with Gasteiger partial charge < -0.3 is 30.0 Å². The predicted octanol–water partition coefficient (Wildman–Crippen LogP) is -1.97. The van der Waals surface area contributed by atoms with Crippen molar-refractivity contribution in [2.75, 3.05) is 12.5 Å². The lowest BCUT2D eigenvalue weighted by molar-refractivity contribution is -0.301. The largest absolute Gasteiger partial charge is 0.394 e. The summed E-state index contributed by atoms with van der Waals surface area (Å²) < 4.78 is 4.99. The summed E-state index contributed by atoms with van der Waals surface area (Å²) in [4.78, 5) is 4.72. The van der Waals surface area contributed by atoms with E-state index in [1.165, 1.54) is 6.21 Å². The Morgan fingerprint density at radius 3 is 2.50 bits per heavy atom. The first kappa shape index (κ1) is 13.6. The van der Waals surface area contributed by atoms with Crippen LogP contribution in [-0.2, 0) is 9.57 Å². The van der Waals surface area contributed by atoms with Crippen molar-refractivity contribution < 1.29 is 30.0 Å². The first-order chi connectivity index (χ1) is 7.61. The molecule has 0 amide bonds. The molecule has 1 heterocycles. The van der Waals surface area contributed by atoms with Crippen LogP contribution in [-0.4, -0.2) is 69.8 Å². The molecular weight excluding hydrogens is 242 g/mol. The Bertz CT molecular complexity index is 239. The second-order valence-electron chi connectivity index (χ2n) is 3.24. The summed E-state index contributed by atoms with van der Waals surface area (Å²) >= 11 is 5.30. The van der Waals surface area contributed by atoms with E-state index in [-0.39, 0.29) is 5.88 Å². The van der Waals surface area contributed by atoms with Gasteiger partial charge in [0.25, 0.3) is 6.29 Å². The van der Waals surface area contributed by atoms with Gasteiger partial charge in [-0.2, -0.15) is 0 Å². The highest BCUT2D eigenvalue weighted by Gasteiger charge is 2.44. The molecule has 1 aliphatic rings. The van der Waals surface area contributed by atoms with Crippen molar-refractivity contribution in [2.45, 2.75) is 30.7 Å². The van der Waals surface area contributed by atoms with Crippen molar-refractivity contribution in [3.8, 4) is 0 Å². The molecule has 1 fully saturated rings. The fourth-order valence-electron chi connectivity index (χ4n) is 1.29. The summed E-state index contributed by atoms with van der Waals surface area (Å²) in [5.41, 5.74) is 0. The van der Waals surface area contributed by atoms with E-state index < -0.39 is 37.3 Å². The van der Waals surface area contributed by atoms with E-state index in [1.54, 1.807) is 0 Å². The highest BCUT2D eigenvalue weighted by molar-refractivity contribution is 6.24. The van der Waals surface area contributed by atoms with Gasteiger partial charge in [0, 0.05) is 0 Å². The third-order valence-corrected chi connectivity index (χ3v) is 2.29. The highest BCUT2D eigenvalue weighted by atomic mass is 35.5. The van der Waals surface area contributed by atoms with Gasteiger partial charge in [0.1, 0.15) is 24.4 Å². The minimum absolute atomic E-state index is 0.122. The van der Waals surface area contributed by atoms with Crippen LogP contribution in [0.5, 0.6) is 0 Å². The number of oxime groups is 1. The van der Waals surface area contributed by atoms with Crippen molar-refractivity contribution in [3.05, 3.63) is 0 Å². The lowest BCUT2D eigenvalue weighted by Crippen LogP contribution is -2.58. The van der Waals surface area contributed by atoms with Crippen LogP contribution in [0.2, 0.25) is 0 Å². The molecule has 1 saturated heterocycles. The van der Waals surface area contributed by atoms with E-state index in [2.05, 4.69) is 5.16 Å². The molecule has 16 heavy (non-hydrogen) atoms. The standard InChI is InChI=1S/C8H14ClNO6/c9-1-2-10-16-8-7(14)6(13)5(12)4(3-11)15-8/h2,4-8,11-14H,1,3H2/b10-2+/t4?,5?,6-,7?,8-/m0/s1. The van der Waals surface area contributed by atoms with Crippen LogP contribution in [0.15, 0.2) is 5.16 Å². The SMILES string of the molecule is OCC1O[C@@H](O/N=C/CCl)C(O)[C@@H](O)C1O. The molecule has 0 aliphatic carbocycles. The lowest BCUT2D eigenvalue weighted by atomic mass is 9.99. The molecule has 7 nitrogen and oxygen atoms in total. The topological polar surface area (TPSA) is 112 Å². The number of nitrogens with zero attached hydrogens (tertiary/aromatic N) is 1. The minimum atomic E-state index is -1.47. The maximum atomic E-state index is 9.47. The van der Waals surface area contributed by atoms with Gasteiger partial charge in [-0.15, -0.1) is 11.6 Å². The summed E-state index contributed by atoms with van der Waals surface area (Å²) in [7, 11) is 0. The van der Waals surface area contributed by atoms with Crippen molar-refractivity contribution in [3.63, 3.8) is 0 Å². The monoisotopic (exact) mass is 255 g/mol. The van der Waals surface area contributed by atoms with Gasteiger partial charge in [-0.05, 0) is 0 Å². The molecule has 0 radical (unpaired) electrons. The van der Waals surface area contributed by atoms with Gasteiger partial charge in [0.2, 0.25) is 0 Å². The Balaban J connectivity index is 2.60. The van der Waals surface area contributed by atoms with Gasteiger partial charge in [-0.1, -0.05) is 5.16 Å². The lowest BCUT2D eigenvalue weighted by Gasteiger charge is -2.38.